The van der Waals surface area contributed by atoms with E-state index in [-0.39, 0.29) is 26.1 Å². The molecular weight excluding hydrogens is 942 g/mol. The predicted octanol–water partition coefficient (Wildman–Crippen LogP) is 18.2. The second-order valence-electron chi connectivity index (χ2n) is 21.0. The third-order valence-corrected chi connectivity index (χ3v) is 13.6. The first-order valence-corrected chi connectivity index (χ1v) is 31.4. The van der Waals surface area contributed by atoms with Crippen LogP contribution in [0.1, 0.15) is 245 Å². The van der Waals surface area contributed by atoms with E-state index in [1.54, 1.807) is 0 Å². The van der Waals surface area contributed by atoms with E-state index >= 15 is 0 Å². The highest BCUT2D eigenvalue weighted by Gasteiger charge is 2.22. The maximum absolute atomic E-state index is 12.8. The maximum Gasteiger partial charge on any atom is 0.306 e. The quantitative estimate of drug-likeness (QED) is 0.0195. The van der Waals surface area contributed by atoms with Crippen molar-refractivity contribution in [1.29, 1.82) is 0 Å². The molecule has 0 aromatic heterocycles. The van der Waals surface area contributed by atoms with Crippen molar-refractivity contribution in [3.8, 4) is 0 Å². The van der Waals surface area contributed by atoms with Crippen LogP contribution in [0.15, 0.2) is 97.2 Å². The molecule has 0 radical (unpaired) electrons. The number of unbranched alkanes of at least 4 members (excludes halogenated alkanes) is 24. The Morgan fingerprint density at radius 3 is 1.16 bits per heavy atom. The lowest BCUT2D eigenvalue weighted by atomic mass is 10.0. The van der Waals surface area contributed by atoms with E-state index in [0.29, 0.717) is 17.4 Å². The normalized spacial score (nSPS) is 14.0. The number of quaternary nitrogens is 1. The Bertz CT molecular complexity index is 1570. The molecule has 10 heteroatoms. The lowest BCUT2D eigenvalue weighted by Crippen LogP contribution is -2.37. The van der Waals surface area contributed by atoms with E-state index in [1.165, 1.54) is 109 Å². The van der Waals surface area contributed by atoms with Gasteiger partial charge >= 0.3 is 11.9 Å². The maximum atomic E-state index is 12.8. The van der Waals surface area contributed by atoms with Crippen molar-refractivity contribution in [1.82, 2.24) is 0 Å². The molecule has 0 aliphatic carbocycles. The van der Waals surface area contributed by atoms with Crippen LogP contribution in [0.2, 0.25) is 0 Å². The third kappa shape index (κ3) is 58.2. The number of rotatable bonds is 54. The van der Waals surface area contributed by atoms with Gasteiger partial charge in [0.2, 0.25) is 0 Å². The van der Waals surface area contributed by atoms with Crippen LogP contribution < -0.4 is 4.89 Å². The molecule has 74 heavy (non-hydrogen) atoms. The fourth-order valence-corrected chi connectivity index (χ4v) is 8.71. The highest BCUT2D eigenvalue weighted by molar-refractivity contribution is 7.45. The Labute approximate surface area is 455 Å². The zero-order chi connectivity index (χ0) is 54.2. The zero-order valence-electron chi connectivity index (χ0n) is 48.3. The number of carbonyl (C=O) groups is 2. The van der Waals surface area contributed by atoms with Crippen molar-refractivity contribution in [2.45, 2.75) is 251 Å². The van der Waals surface area contributed by atoms with Gasteiger partial charge in [0.1, 0.15) is 19.8 Å². The van der Waals surface area contributed by atoms with Gasteiger partial charge in [-0.3, -0.25) is 14.2 Å². The lowest BCUT2D eigenvalue weighted by molar-refractivity contribution is -0.870. The summed E-state index contributed by atoms with van der Waals surface area (Å²) in [7, 11) is 1.16. The number of likely N-dealkylation sites (N-methyl/N-ethyl adjacent to an activating group) is 1. The molecule has 0 saturated carbocycles. The van der Waals surface area contributed by atoms with Gasteiger partial charge in [-0.2, -0.15) is 0 Å². The van der Waals surface area contributed by atoms with Crippen molar-refractivity contribution in [2.24, 2.45) is 0 Å². The Balaban J connectivity index is 4.09. The Morgan fingerprint density at radius 1 is 0.432 bits per heavy atom. The lowest BCUT2D eigenvalue weighted by Gasteiger charge is -2.28. The molecule has 0 spiro atoms. The van der Waals surface area contributed by atoms with Gasteiger partial charge in [0.15, 0.2) is 6.10 Å². The number of esters is 2. The summed E-state index contributed by atoms with van der Waals surface area (Å²) in [6.07, 6.45) is 74.6. The summed E-state index contributed by atoms with van der Waals surface area (Å²) in [6, 6.07) is 0. The number of hydrogen-bond donors (Lipinski definition) is 0. The van der Waals surface area contributed by atoms with E-state index in [9.17, 15) is 19.0 Å². The van der Waals surface area contributed by atoms with Crippen LogP contribution in [0.4, 0.5) is 0 Å². The zero-order valence-corrected chi connectivity index (χ0v) is 49.2. The number of phosphoric ester groups is 1. The minimum absolute atomic E-state index is 0.0353. The molecule has 0 aromatic rings. The molecule has 9 nitrogen and oxygen atoms in total. The average molecular weight is 1050 g/mol. The minimum atomic E-state index is -4.64. The monoisotopic (exact) mass is 1050 g/mol. The smallest absolute Gasteiger partial charge is 0.306 e. The summed E-state index contributed by atoms with van der Waals surface area (Å²) in [5.41, 5.74) is 0. The van der Waals surface area contributed by atoms with Crippen molar-refractivity contribution >= 4 is 19.8 Å². The summed E-state index contributed by atoms with van der Waals surface area (Å²) >= 11 is 0. The number of nitrogens with zero attached hydrogens (tertiary/aromatic N) is 1. The SMILES string of the molecule is CC/C=C\C/C=C\C/C=C\C/C=C\C/C=C\C/C=C\C/C=C\CCCCCCCCCCCCCCCC(=O)OC(COC(=O)CCCCCCC/C=C\CCCCCCCC)COP(=O)([O-])OCC[N+](C)(C)C. The molecule has 0 bridgehead atoms. The molecule has 0 fully saturated rings. The molecule has 0 heterocycles. The van der Waals surface area contributed by atoms with Gasteiger partial charge in [-0.05, 0) is 96.3 Å². The molecule has 0 amide bonds. The fourth-order valence-electron chi connectivity index (χ4n) is 7.98. The van der Waals surface area contributed by atoms with E-state index in [2.05, 4.69) is 111 Å². The van der Waals surface area contributed by atoms with Gasteiger partial charge in [-0.25, -0.2) is 0 Å². The Morgan fingerprint density at radius 2 is 0.770 bits per heavy atom. The van der Waals surface area contributed by atoms with Gasteiger partial charge in [-0.1, -0.05) is 233 Å². The van der Waals surface area contributed by atoms with Crippen LogP contribution in [0.3, 0.4) is 0 Å². The first-order valence-electron chi connectivity index (χ1n) is 29.9. The van der Waals surface area contributed by atoms with Gasteiger partial charge in [0, 0.05) is 12.8 Å². The summed E-state index contributed by atoms with van der Waals surface area (Å²) in [4.78, 5) is 37.8. The predicted molar refractivity (Wildman–Crippen MR) is 314 cm³/mol. The van der Waals surface area contributed by atoms with Crippen molar-refractivity contribution in [2.75, 3.05) is 47.5 Å². The van der Waals surface area contributed by atoms with Gasteiger partial charge < -0.3 is 27.9 Å². The molecule has 426 valence electrons. The minimum Gasteiger partial charge on any atom is -0.756 e. The number of allylic oxidation sites excluding steroid dienone is 16. The summed E-state index contributed by atoms with van der Waals surface area (Å²) < 4.78 is 34.1. The second kappa shape index (κ2) is 54.7. The van der Waals surface area contributed by atoms with Crippen LogP contribution in [0, 0.1) is 0 Å². The van der Waals surface area contributed by atoms with Crippen LogP contribution in [0.25, 0.3) is 0 Å². The van der Waals surface area contributed by atoms with Crippen molar-refractivity contribution in [3.63, 3.8) is 0 Å². The molecule has 0 aliphatic heterocycles. The number of phosphoric acid groups is 1. The summed E-state index contributed by atoms with van der Waals surface area (Å²) in [5.74, 6) is -0.844. The van der Waals surface area contributed by atoms with Gasteiger partial charge in [0.05, 0.1) is 27.7 Å². The standard InChI is InChI=1S/C64H112NO8P/c1-6-8-10-12-14-16-18-20-22-23-24-25-26-27-28-29-30-31-32-33-34-35-36-37-38-39-40-41-43-45-47-49-51-53-55-57-64(67)73-62(61-72-74(68,69)71-59-58-65(3,4)5)60-70-63(66)56-54-52-50-48-46-44-42-21-19-17-15-13-11-9-7-2/h8,10,14,16,20-22,24-25,27-28,30-31,33-34,42,62H,6-7,9,11-13,15,17-19,23,26,29,32,35-41,43-61H2,1-5H3/b10-8-,16-14-,22-20-,25-24-,28-27-,31-30-,34-33-,42-21-. The average Bonchev–Trinajstić information content (AvgIpc) is 3.36. The highest BCUT2D eigenvalue weighted by Crippen LogP contribution is 2.38. The Hall–Kier alpha value is -3.07. The van der Waals surface area contributed by atoms with Crippen LogP contribution in [0.5, 0.6) is 0 Å². The first kappa shape index (κ1) is 70.9. The molecule has 0 saturated heterocycles. The van der Waals surface area contributed by atoms with Crippen molar-refractivity contribution in [3.05, 3.63) is 97.2 Å². The Kier molecular flexibility index (Phi) is 52.4. The van der Waals surface area contributed by atoms with E-state index in [0.717, 1.165) is 103 Å². The van der Waals surface area contributed by atoms with Crippen molar-refractivity contribution < 1.29 is 42.1 Å². The van der Waals surface area contributed by atoms with E-state index < -0.39 is 32.5 Å². The van der Waals surface area contributed by atoms with Crippen LogP contribution >= 0.6 is 7.82 Å². The highest BCUT2D eigenvalue weighted by atomic mass is 31.2. The fraction of sp³-hybridized carbons (Fsp3) is 0.719. The topological polar surface area (TPSA) is 111 Å². The van der Waals surface area contributed by atoms with Gasteiger partial charge in [-0.15, -0.1) is 0 Å². The second-order valence-corrected chi connectivity index (χ2v) is 22.4. The molecule has 0 rings (SSSR count). The van der Waals surface area contributed by atoms with Crippen LogP contribution in [-0.2, 0) is 32.7 Å². The molecule has 0 N–H and O–H groups in total. The van der Waals surface area contributed by atoms with E-state index in [4.69, 9.17) is 18.5 Å². The largest absolute Gasteiger partial charge is 0.756 e. The summed E-state index contributed by atoms with van der Waals surface area (Å²) in [6.45, 7) is 4.11. The first-order chi connectivity index (χ1) is 36.0. The molecular formula is C64H112NO8P. The summed E-state index contributed by atoms with van der Waals surface area (Å²) in [5, 5.41) is 0. The third-order valence-electron chi connectivity index (χ3n) is 12.6. The van der Waals surface area contributed by atoms with Gasteiger partial charge in [0.25, 0.3) is 7.82 Å². The molecule has 0 aromatic carbocycles. The van der Waals surface area contributed by atoms with E-state index in [1.807, 2.05) is 21.1 Å². The molecule has 2 atom stereocenters. The number of carbonyl (C=O) groups excluding carboxylic acids is 2. The van der Waals surface area contributed by atoms with Crippen LogP contribution in [-0.4, -0.2) is 70.0 Å². The molecule has 2 unspecified atom stereocenters. The number of hydrogen-bond acceptors (Lipinski definition) is 8. The molecule has 0 aliphatic rings. The number of ether oxygens (including phenoxy) is 2.